The molecule has 12 nitrogen and oxygen atoms in total. The molecule has 0 fully saturated rings. The number of aliphatic carboxylic acids is 4. The van der Waals surface area contributed by atoms with Crippen molar-refractivity contribution >= 4 is 99.4 Å². The molecule has 0 atom stereocenters. The van der Waals surface area contributed by atoms with E-state index >= 15 is 0 Å². The molecule has 2 N–H and O–H groups in total. The zero-order valence-corrected chi connectivity index (χ0v) is 25.0. The van der Waals surface area contributed by atoms with Gasteiger partial charge in [0.25, 0.3) is 0 Å². The third-order valence-electron chi connectivity index (χ3n) is 3.88. The van der Waals surface area contributed by atoms with Crippen molar-refractivity contribution in [1.82, 2.24) is 20.4 Å². The Hall–Kier alpha value is -0.721. The van der Waals surface area contributed by atoms with E-state index in [1.807, 2.05) is 12.2 Å². The van der Waals surface area contributed by atoms with E-state index in [9.17, 15) is 39.6 Å². The van der Waals surface area contributed by atoms with Gasteiger partial charge in [-0.2, -0.15) is 0 Å². The van der Waals surface area contributed by atoms with Gasteiger partial charge in [-0.05, 0) is 38.1 Å². The van der Waals surface area contributed by atoms with E-state index in [-0.39, 0.29) is 88.6 Å². The number of nitrogens with one attached hydrogen (secondary N) is 2. The minimum absolute atomic E-state index is 0. The zero-order valence-electron chi connectivity index (χ0n) is 20.6. The first-order valence-corrected chi connectivity index (χ1v) is 10.5. The Morgan fingerprint density at radius 3 is 1.14 bits per heavy atom. The van der Waals surface area contributed by atoms with Crippen LogP contribution in [0.15, 0.2) is 36.8 Å². The molecule has 0 spiro atoms. The van der Waals surface area contributed by atoms with Crippen LogP contribution in [0, 0.1) is 0 Å². The first-order valence-electron chi connectivity index (χ1n) is 10.5. The summed E-state index contributed by atoms with van der Waals surface area (Å²) >= 11 is 0. The van der Waals surface area contributed by atoms with Crippen LogP contribution in [-0.2, 0) is 19.2 Å². The minimum Gasteiger partial charge on any atom is -0.549 e. The van der Waals surface area contributed by atoms with Crippen LogP contribution < -0.4 is 31.1 Å². The van der Waals surface area contributed by atoms with Crippen LogP contribution in [0.2, 0.25) is 0 Å². The van der Waals surface area contributed by atoms with Gasteiger partial charge >= 0.3 is 75.5 Å². The van der Waals surface area contributed by atoms with Gasteiger partial charge in [0.1, 0.15) is 0 Å². The number of hydrogen-bond donors (Lipinski definition) is 2. The second-order valence-electron chi connectivity index (χ2n) is 6.84. The summed E-state index contributed by atoms with van der Waals surface area (Å²) in [5.74, 6) is -6.12. The maximum atomic E-state index is 10.4. The van der Waals surface area contributed by atoms with Gasteiger partial charge in [-0.3, -0.25) is 9.80 Å². The SMILES string of the molecule is C=C=CCNCCCCNCC=C=C.O=C([O-])CN(CCN(CC(=O)[O-])CC(=O)[O-])CC(=O)[O-].[Ca+2].[Ca+2]. The molecular formula is C22H32Ca2N4O8. The minimum atomic E-state index is -1.53. The summed E-state index contributed by atoms with van der Waals surface area (Å²) in [4.78, 5) is 43.4. The zero-order chi connectivity index (χ0) is 26.2. The molecule has 0 aliphatic heterocycles. The van der Waals surface area contributed by atoms with Crippen molar-refractivity contribution in [2.24, 2.45) is 0 Å². The van der Waals surface area contributed by atoms with Gasteiger partial charge in [0.2, 0.25) is 0 Å². The van der Waals surface area contributed by atoms with E-state index in [0.29, 0.717) is 0 Å². The average Bonchev–Trinajstić information content (AvgIpc) is 2.72. The van der Waals surface area contributed by atoms with E-state index in [0.717, 1.165) is 36.0 Å². The van der Waals surface area contributed by atoms with Gasteiger partial charge in [-0.15, -0.1) is 11.5 Å². The molecule has 0 heterocycles. The smallest absolute Gasteiger partial charge is 0.549 e. The number of carboxylic acids is 4. The predicted molar refractivity (Wildman–Crippen MR) is 127 cm³/mol. The van der Waals surface area contributed by atoms with E-state index < -0.39 is 50.1 Å². The van der Waals surface area contributed by atoms with Crippen molar-refractivity contribution in [1.29, 1.82) is 0 Å². The summed E-state index contributed by atoms with van der Waals surface area (Å²) in [5.41, 5.74) is 5.45. The molecule has 0 aliphatic rings. The number of unbranched alkanes of at least 4 members (excludes halogenated alkanes) is 1. The molecule has 192 valence electrons. The predicted octanol–water partition coefficient (Wildman–Crippen LogP) is -6.54. The van der Waals surface area contributed by atoms with Crippen LogP contribution in [0.4, 0.5) is 0 Å². The summed E-state index contributed by atoms with van der Waals surface area (Å²) in [6.07, 6.45) is 6.17. The molecule has 0 rings (SSSR count). The van der Waals surface area contributed by atoms with Gasteiger partial charge < -0.3 is 50.2 Å². The summed E-state index contributed by atoms with van der Waals surface area (Å²) < 4.78 is 0. The molecule has 0 aromatic rings. The number of hydrogen-bond acceptors (Lipinski definition) is 12. The molecule has 0 unspecified atom stereocenters. The Morgan fingerprint density at radius 1 is 0.639 bits per heavy atom. The Morgan fingerprint density at radius 2 is 0.917 bits per heavy atom. The Bertz CT molecular complexity index is 635. The third kappa shape index (κ3) is 35.4. The third-order valence-corrected chi connectivity index (χ3v) is 3.88. The monoisotopic (exact) mass is 560 g/mol. The number of carbonyl (C=O) groups is 4. The van der Waals surface area contributed by atoms with Gasteiger partial charge in [0.05, 0.1) is 23.9 Å². The molecule has 0 saturated carbocycles. The fraction of sp³-hybridized carbons (Fsp3) is 0.545. The van der Waals surface area contributed by atoms with Crippen molar-refractivity contribution in [2.75, 3.05) is 65.4 Å². The van der Waals surface area contributed by atoms with E-state index in [4.69, 9.17) is 0 Å². The fourth-order valence-corrected chi connectivity index (χ4v) is 2.43. The molecule has 0 radical (unpaired) electrons. The molecule has 0 aliphatic carbocycles. The second kappa shape index (κ2) is 30.5. The van der Waals surface area contributed by atoms with Gasteiger partial charge in [-0.1, -0.05) is 13.2 Å². The molecule has 0 saturated heterocycles. The van der Waals surface area contributed by atoms with Crippen LogP contribution >= 0.6 is 0 Å². The number of carboxylic acid groups (broad SMARTS) is 4. The molecule has 0 amide bonds. The van der Waals surface area contributed by atoms with Crippen LogP contribution in [-0.4, -0.2) is 175 Å². The van der Waals surface area contributed by atoms with Crippen molar-refractivity contribution in [3.63, 3.8) is 0 Å². The van der Waals surface area contributed by atoms with Crippen LogP contribution in [0.5, 0.6) is 0 Å². The fourth-order valence-electron chi connectivity index (χ4n) is 2.43. The summed E-state index contributed by atoms with van der Waals surface area (Å²) in [6, 6.07) is 0. The van der Waals surface area contributed by atoms with E-state index in [2.05, 4.69) is 35.3 Å². The van der Waals surface area contributed by atoms with Crippen molar-refractivity contribution in [2.45, 2.75) is 12.8 Å². The molecular weight excluding hydrogens is 528 g/mol. The number of carbonyl (C=O) groups excluding carboxylic acids is 4. The van der Waals surface area contributed by atoms with E-state index in [1.54, 1.807) is 0 Å². The Labute approximate surface area is 271 Å². The molecule has 36 heavy (non-hydrogen) atoms. The van der Waals surface area contributed by atoms with Crippen molar-refractivity contribution in [3.05, 3.63) is 36.8 Å². The molecule has 0 bridgehead atoms. The van der Waals surface area contributed by atoms with Crippen LogP contribution in [0.1, 0.15) is 12.8 Å². The first-order chi connectivity index (χ1) is 16.1. The van der Waals surface area contributed by atoms with E-state index in [1.165, 1.54) is 12.8 Å². The van der Waals surface area contributed by atoms with Crippen LogP contribution in [0.3, 0.4) is 0 Å². The van der Waals surface area contributed by atoms with Gasteiger partial charge in [0.15, 0.2) is 0 Å². The maximum Gasteiger partial charge on any atom is 2.00 e. The molecule has 0 aromatic carbocycles. The molecule has 14 heteroatoms. The first kappa shape index (κ1) is 42.4. The largest absolute Gasteiger partial charge is 2.00 e. The second-order valence-corrected chi connectivity index (χ2v) is 6.84. The van der Waals surface area contributed by atoms with Crippen molar-refractivity contribution < 1.29 is 39.6 Å². The van der Waals surface area contributed by atoms with Crippen LogP contribution in [0.25, 0.3) is 0 Å². The summed E-state index contributed by atoms with van der Waals surface area (Å²) in [5, 5.41) is 48.2. The standard InChI is InChI=1S/C12H20N2.C10H16N2O8.2Ca/c1-3-5-9-13-11-7-8-12-14-10-6-4-2;13-7(14)3-11(4-8(15)16)1-2-12(5-9(17)18)6-10(19)20;;/h5-6,13-14H,1-2,7-12H2;1-6H2,(H,13,14)(H,15,16)(H,17,18)(H,19,20);;/q;;2*+2/p-4. The summed E-state index contributed by atoms with van der Waals surface area (Å²) in [7, 11) is 0. The Kier molecular flexibility index (Phi) is 35.9. The maximum absolute atomic E-state index is 10.4. The number of nitrogens with zero attached hydrogens (tertiary/aromatic N) is 2. The quantitative estimate of drug-likeness (QED) is 0.0814. The van der Waals surface area contributed by atoms with Gasteiger partial charge in [-0.25, -0.2) is 0 Å². The van der Waals surface area contributed by atoms with Gasteiger partial charge in [0, 0.05) is 52.4 Å². The normalized spacial score (nSPS) is 9.39. The topological polar surface area (TPSA) is 191 Å². The number of rotatable bonds is 20. The summed E-state index contributed by atoms with van der Waals surface area (Å²) in [6.45, 7) is 7.58. The Balaban J connectivity index is -0.000000285. The average molecular weight is 561 g/mol. The van der Waals surface area contributed by atoms with Crippen molar-refractivity contribution in [3.8, 4) is 0 Å². The molecule has 0 aromatic heterocycles.